The quantitative estimate of drug-likeness (QED) is 0.942. The van der Waals surface area contributed by atoms with Gasteiger partial charge in [0.15, 0.2) is 0 Å². The molecule has 3 rings (SSSR count). The second-order valence-electron chi connectivity index (χ2n) is 4.42. The topological polar surface area (TPSA) is 46.5 Å². The Morgan fingerprint density at radius 2 is 2.00 bits per heavy atom. The van der Waals surface area contributed by atoms with E-state index < -0.39 is 0 Å². The number of nitrogens with zero attached hydrogens (tertiary/aromatic N) is 2. The largest absolute Gasteiger partial charge is 0.438 e. The van der Waals surface area contributed by atoms with Gasteiger partial charge in [-0.15, -0.1) is 0 Å². The van der Waals surface area contributed by atoms with E-state index in [1.54, 1.807) is 18.3 Å². The Bertz CT molecular complexity index is 625. The average molecular weight is 288 g/mol. The normalized spacial score (nSPS) is 14.3. The lowest BCUT2D eigenvalue weighted by atomic mass is 10.2. The van der Waals surface area contributed by atoms with Gasteiger partial charge in [0.05, 0.1) is 5.56 Å². The highest BCUT2D eigenvalue weighted by Crippen LogP contribution is 2.24. The third-order valence-electron chi connectivity index (χ3n) is 2.95. The summed E-state index contributed by atoms with van der Waals surface area (Å²) < 4.78 is 5.83. The Morgan fingerprint density at radius 1 is 1.15 bits per heavy atom. The van der Waals surface area contributed by atoms with Crippen LogP contribution in [0.2, 0.25) is 5.02 Å². The minimum absolute atomic E-state index is 0.544. The second kappa shape index (κ2) is 5.92. The van der Waals surface area contributed by atoms with Gasteiger partial charge in [0.25, 0.3) is 0 Å². The Balaban J connectivity index is 1.89. The van der Waals surface area contributed by atoms with Gasteiger partial charge < -0.3 is 10.1 Å². The number of hydrogen-bond acceptors (Lipinski definition) is 4. The van der Waals surface area contributed by atoms with Gasteiger partial charge in [-0.25, -0.2) is 4.98 Å². The number of aromatic nitrogens is 1. The smallest absolute Gasteiger partial charge is 0.230 e. The zero-order chi connectivity index (χ0) is 13.8. The summed E-state index contributed by atoms with van der Waals surface area (Å²) in [5, 5.41) is 3.96. The molecular formula is C15H14ClN3O. The fourth-order valence-electron chi connectivity index (χ4n) is 1.98. The van der Waals surface area contributed by atoms with E-state index in [-0.39, 0.29) is 0 Å². The highest BCUT2D eigenvalue weighted by molar-refractivity contribution is 6.30. The lowest BCUT2D eigenvalue weighted by Gasteiger charge is -2.16. The van der Waals surface area contributed by atoms with Crippen molar-refractivity contribution in [1.82, 2.24) is 10.3 Å². The van der Waals surface area contributed by atoms with Crippen LogP contribution in [0.1, 0.15) is 12.0 Å². The first kappa shape index (κ1) is 12.9. The van der Waals surface area contributed by atoms with E-state index in [1.807, 2.05) is 24.3 Å². The van der Waals surface area contributed by atoms with E-state index >= 15 is 0 Å². The van der Waals surface area contributed by atoms with Gasteiger partial charge in [0.1, 0.15) is 11.6 Å². The van der Waals surface area contributed by atoms with Crippen LogP contribution in [-0.2, 0) is 0 Å². The molecule has 0 saturated carbocycles. The van der Waals surface area contributed by atoms with Crippen molar-refractivity contribution in [3.05, 3.63) is 53.2 Å². The van der Waals surface area contributed by atoms with Crippen LogP contribution in [0.4, 0.5) is 0 Å². The molecule has 20 heavy (non-hydrogen) atoms. The highest BCUT2D eigenvalue weighted by atomic mass is 35.5. The second-order valence-corrected chi connectivity index (χ2v) is 4.86. The SMILES string of the molecule is Clc1ccc(Oc2ncccc2C2=NCCCN2)cc1. The highest BCUT2D eigenvalue weighted by Gasteiger charge is 2.14. The summed E-state index contributed by atoms with van der Waals surface area (Å²) in [6.07, 6.45) is 2.76. The predicted octanol–water partition coefficient (Wildman–Crippen LogP) is 3.27. The Labute approximate surface area is 122 Å². The van der Waals surface area contributed by atoms with Crippen molar-refractivity contribution in [2.24, 2.45) is 4.99 Å². The number of amidine groups is 1. The van der Waals surface area contributed by atoms with Crippen LogP contribution in [0.25, 0.3) is 0 Å². The first-order chi connectivity index (χ1) is 9.83. The van der Waals surface area contributed by atoms with Crippen molar-refractivity contribution in [1.29, 1.82) is 0 Å². The molecule has 0 atom stereocenters. The maximum absolute atomic E-state index is 5.87. The summed E-state index contributed by atoms with van der Waals surface area (Å²) in [6, 6.07) is 11.0. The lowest BCUT2D eigenvalue weighted by Crippen LogP contribution is -2.30. The molecule has 0 fully saturated rings. The molecule has 4 nitrogen and oxygen atoms in total. The number of rotatable bonds is 3. The predicted molar refractivity (Wildman–Crippen MR) is 79.8 cm³/mol. The van der Waals surface area contributed by atoms with Crippen molar-refractivity contribution in [2.45, 2.75) is 6.42 Å². The Kier molecular flexibility index (Phi) is 3.83. The first-order valence-electron chi connectivity index (χ1n) is 6.50. The van der Waals surface area contributed by atoms with Crippen LogP contribution in [0.15, 0.2) is 47.6 Å². The number of hydrogen-bond donors (Lipinski definition) is 1. The molecular weight excluding hydrogens is 274 g/mol. The number of nitrogens with one attached hydrogen (secondary N) is 1. The molecule has 102 valence electrons. The van der Waals surface area contributed by atoms with Gasteiger partial charge in [-0.3, -0.25) is 4.99 Å². The van der Waals surface area contributed by atoms with Crippen LogP contribution < -0.4 is 10.1 Å². The van der Waals surface area contributed by atoms with Gasteiger partial charge in [-0.2, -0.15) is 0 Å². The number of pyridine rings is 1. The zero-order valence-corrected chi connectivity index (χ0v) is 11.6. The number of aliphatic imine (C=N–C) groups is 1. The van der Waals surface area contributed by atoms with Crippen LogP contribution in [0, 0.1) is 0 Å². The molecule has 1 N–H and O–H groups in total. The van der Waals surface area contributed by atoms with Crippen molar-refractivity contribution in [2.75, 3.05) is 13.1 Å². The Hall–Kier alpha value is -2.07. The summed E-state index contributed by atoms with van der Waals surface area (Å²) in [4.78, 5) is 8.78. The molecule has 0 amide bonds. The first-order valence-corrected chi connectivity index (χ1v) is 6.88. The monoisotopic (exact) mass is 287 g/mol. The van der Waals surface area contributed by atoms with E-state index in [0.717, 1.165) is 30.9 Å². The summed E-state index contributed by atoms with van der Waals surface area (Å²) in [7, 11) is 0. The van der Waals surface area contributed by atoms with Crippen LogP contribution in [0.5, 0.6) is 11.6 Å². The van der Waals surface area contributed by atoms with Gasteiger partial charge in [-0.05, 0) is 42.8 Å². The van der Waals surface area contributed by atoms with E-state index in [2.05, 4.69) is 15.3 Å². The van der Waals surface area contributed by atoms with Crippen LogP contribution >= 0.6 is 11.6 Å². The molecule has 1 aliphatic heterocycles. The lowest BCUT2D eigenvalue weighted by molar-refractivity contribution is 0.461. The average Bonchev–Trinajstić information content (AvgIpc) is 2.51. The van der Waals surface area contributed by atoms with E-state index in [0.29, 0.717) is 16.7 Å². The van der Waals surface area contributed by atoms with Gasteiger partial charge in [0, 0.05) is 24.3 Å². The van der Waals surface area contributed by atoms with Crippen LogP contribution in [0.3, 0.4) is 0 Å². The zero-order valence-electron chi connectivity index (χ0n) is 10.8. The van der Waals surface area contributed by atoms with Gasteiger partial charge in [-0.1, -0.05) is 11.6 Å². The molecule has 0 aliphatic carbocycles. The molecule has 0 bridgehead atoms. The molecule has 5 heteroatoms. The molecule has 0 radical (unpaired) electrons. The summed E-state index contributed by atoms with van der Waals surface area (Å²) in [6.45, 7) is 1.76. The molecule has 2 heterocycles. The van der Waals surface area contributed by atoms with E-state index in [1.165, 1.54) is 0 Å². The maximum Gasteiger partial charge on any atom is 0.230 e. The molecule has 1 aromatic heterocycles. The van der Waals surface area contributed by atoms with Crippen LogP contribution in [-0.4, -0.2) is 23.9 Å². The summed E-state index contributed by atoms with van der Waals surface area (Å²) >= 11 is 5.87. The third-order valence-corrected chi connectivity index (χ3v) is 3.20. The molecule has 1 aliphatic rings. The van der Waals surface area contributed by atoms with Gasteiger partial charge >= 0.3 is 0 Å². The third kappa shape index (κ3) is 2.91. The molecule has 0 unspecified atom stereocenters. The number of benzene rings is 1. The van der Waals surface area contributed by atoms with Crippen molar-refractivity contribution in [3.63, 3.8) is 0 Å². The molecule has 0 spiro atoms. The fourth-order valence-corrected chi connectivity index (χ4v) is 2.11. The van der Waals surface area contributed by atoms with Crippen molar-refractivity contribution in [3.8, 4) is 11.6 Å². The summed E-state index contributed by atoms with van der Waals surface area (Å²) in [5.41, 5.74) is 0.877. The number of ether oxygens (including phenoxy) is 1. The summed E-state index contributed by atoms with van der Waals surface area (Å²) in [5.74, 6) is 2.09. The minimum atomic E-state index is 0.544. The molecule has 1 aromatic carbocycles. The molecule has 2 aromatic rings. The number of halogens is 1. The standard InChI is InChI=1S/C15H14ClN3O/c16-11-4-6-12(7-5-11)20-15-13(3-1-8-19-15)14-17-9-2-10-18-14/h1,3-8H,2,9-10H2,(H,17,18). The maximum atomic E-state index is 5.87. The van der Waals surface area contributed by atoms with Gasteiger partial charge in [0.2, 0.25) is 5.88 Å². The van der Waals surface area contributed by atoms with Crippen molar-refractivity contribution >= 4 is 17.4 Å². The molecule has 0 saturated heterocycles. The van der Waals surface area contributed by atoms with E-state index in [4.69, 9.17) is 16.3 Å². The van der Waals surface area contributed by atoms with Crippen molar-refractivity contribution < 1.29 is 4.74 Å². The van der Waals surface area contributed by atoms with E-state index in [9.17, 15) is 0 Å². The Morgan fingerprint density at radius 3 is 2.75 bits per heavy atom. The fraction of sp³-hybridized carbons (Fsp3) is 0.200. The minimum Gasteiger partial charge on any atom is -0.438 e.